The van der Waals surface area contributed by atoms with E-state index in [0.717, 1.165) is 22.6 Å². The summed E-state index contributed by atoms with van der Waals surface area (Å²) in [6.07, 6.45) is 0. The number of fused-ring (bicyclic) bond motifs is 1. The van der Waals surface area contributed by atoms with Crippen LogP contribution in [0.25, 0.3) is 11.4 Å². The summed E-state index contributed by atoms with van der Waals surface area (Å²) in [7, 11) is 5.03. The molecule has 1 aromatic heterocycles. The van der Waals surface area contributed by atoms with Gasteiger partial charge >= 0.3 is 0 Å². The highest BCUT2D eigenvalue weighted by molar-refractivity contribution is 6.31. The molecule has 0 saturated carbocycles. The standard InChI is InChI=1S/C31H29ClFN5O2/c1-18(2)38-29-26(35-30(38)23-14-21(31(39)36(3)4)10-13-27(23)40-5)17-37(22-11-12-25(33)24(32)15-22)28(29)20-8-6-19(16-34)7-9-20/h6-15,18,28H,17H2,1-5H3. The van der Waals surface area contributed by atoms with Crippen LogP contribution in [0.1, 0.15) is 58.8 Å². The minimum absolute atomic E-state index is 0.00167. The number of ether oxygens (including phenoxy) is 1. The van der Waals surface area contributed by atoms with Gasteiger partial charge in [-0.05, 0) is 67.9 Å². The lowest BCUT2D eigenvalue weighted by Crippen LogP contribution is -2.25. The Hall–Kier alpha value is -4.35. The average Bonchev–Trinajstić information content (AvgIpc) is 3.50. The van der Waals surface area contributed by atoms with Crippen LogP contribution in [-0.2, 0) is 6.54 Å². The maximum atomic E-state index is 14.1. The second kappa shape index (κ2) is 10.7. The lowest BCUT2D eigenvalue weighted by molar-refractivity contribution is 0.0827. The zero-order chi connectivity index (χ0) is 28.7. The third kappa shape index (κ3) is 4.67. The summed E-state index contributed by atoms with van der Waals surface area (Å²) >= 11 is 6.19. The van der Waals surface area contributed by atoms with E-state index in [-0.39, 0.29) is 23.0 Å². The Morgan fingerprint density at radius 3 is 2.48 bits per heavy atom. The number of aromatic nitrogens is 2. The van der Waals surface area contributed by atoms with Crippen molar-refractivity contribution in [3.8, 4) is 23.2 Å². The number of halogens is 2. The molecule has 1 unspecified atom stereocenters. The number of methoxy groups -OCH3 is 1. The first-order chi connectivity index (χ1) is 19.1. The summed E-state index contributed by atoms with van der Waals surface area (Å²) in [6, 6.07) is 19.4. The average molecular weight is 558 g/mol. The SMILES string of the molecule is COc1ccc(C(=O)N(C)C)cc1-c1nc2c(n1C(C)C)C(c1ccc(C#N)cc1)N(c1ccc(F)c(Cl)c1)C2. The molecule has 0 N–H and O–H groups in total. The number of imidazole rings is 1. The molecule has 1 atom stereocenters. The molecule has 9 heteroatoms. The Balaban J connectivity index is 1.73. The van der Waals surface area contributed by atoms with Crippen LogP contribution in [-0.4, -0.2) is 41.6 Å². The number of carbonyl (C=O) groups is 1. The molecule has 5 rings (SSSR count). The van der Waals surface area contributed by atoms with Crippen molar-refractivity contribution >= 4 is 23.2 Å². The highest BCUT2D eigenvalue weighted by Gasteiger charge is 2.39. The van der Waals surface area contributed by atoms with Crippen molar-refractivity contribution in [2.24, 2.45) is 0 Å². The number of amides is 1. The highest BCUT2D eigenvalue weighted by atomic mass is 35.5. The van der Waals surface area contributed by atoms with Crippen LogP contribution in [0.15, 0.2) is 60.7 Å². The first-order valence-electron chi connectivity index (χ1n) is 12.9. The molecule has 0 saturated heterocycles. The van der Waals surface area contributed by atoms with Crippen LogP contribution < -0.4 is 9.64 Å². The molecule has 3 aromatic carbocycles. The van der Waals surface area contributed by atoms with E-state index in [1.165, 1.54) is 11.0 Å². The Bertz CT molecular complexity index is 1640. The van der Waals surface area contributed by atoms with Crippen LogP contribution in [0.5, 0.6) is 5.75 Å². The molecule has 204 valence electrons. The Kier molecular flexibility index (Phi) is 7.26. The topological polar surface area (TPSA) is 74.4 Å². The van der Waals surface area contributed by atoms with Gasteiger partial charge in [-0.2, -0.15) is 5.26 Å². The number of nitriles is 1. The van der Waals surface area contributed by atoms with E-state index >= 15 is 0 Å². The largest absolute Gasteiger partial charge is 0.496 e. The predicted molar refractivity (Wildman–Crippen MR) is 153 cm³/mol. The molecule has 1 aliphatic heterocycles. The van der Waals surface area contributed by atoms with E-state index in [1.54, 1.807) is 57.6 Å². The van der Waals surface area contributed by atoms with Crippen LogP contribution >= 0.6 is 11.6 Å². The van der Waals surface area contributed by atoms with Crippen LogP contribution in [0, 0.1) is 17.1 Å². The number of nitrogens with zero attached hydrogens (tertiary/aromatic N) is 5. The maximum Gasteiger partial charge on any atom is 0.253 e. The fourth-order valence-electron chi connectivity index (χ4n) is 5.27. The molecule has 0 bridgehead atoms. The van der Waals surface area contributed by atoms with Crippen molar-refractivity contribution in [3.63, 3.8) is 0 Å². The lowest BCUT2D eigenvalue weighted by atomic mass is 10.0. The molecule has 0 aliphatic carbocycles. The van der Waals surface area contributed by atoms with Gasteiger partial charge in [-0.25, -0.2) is 9.37 Å². The summed E-state index contributed by atoms with van der Waals surface area (Å²) in [4.78, 5) is 21.6. The summed E-state index contributed by atoms with van der Waals surface area (Å²) in [5.41, 5.74) is 5.34. The van der Waals surface area contributed by atoms with E-state index < -0.39 is 5.82 Å². The Morgan fingerprint density at radius 1 is 1.15 bits per heavy atom. The third-order valence-corrected chi connectivity index (χ3v) is 7.40. The molecule has 0 fully saturated rings. The van der Waals surface area contributed by atoms with Crippen molar-refractivity contribution in [2.45, 2.75) is 32.5 Å². The molecule has 0 spiro atoms. The lowest BCUT2D eigenvalue weighted by Gasteiger charge is -2.30. The van der Waals surface area contributed by atoms with Crippen LogP contribution in [0.4, 0.5) is 10.1 Å². The third-order valence-electron chi connectivity index (χ3n) is 7.12. The zero-order valence-electron chi connectivity index (χ0n) is 22.9. The Morgan fingerprint density at radius 2 is 1.88 bits per heavy atom. The van der Waals surface area contributed by atoms with E-state index in [1.807, 2.05) is 18.2 Å². The van der Waals surface area contributed by atoms with Gasteiger partial charge < -0.3 is 19.1 Å². The first-order valence-corrected chi connectivity index (χ1v) is 13.2. The van der Waals surface area contributed by atoms with Gasteiger partial charge in [0.2, 0.25) is 0 Å². The van der Waals surface area contributed by atoms with Gasteiger partial charge in [0.25, 0.3) is 5.91 Å². The minimum atomic E-state index is -0.483. The highest BCUT2D eigenvalue weighted by Crippen LogP contribution is 2.46. The summed E-state index contributed by atoms with van der Waals surface area (Å²) in [5.74, 6) is 0.705. The summed E-state index contributed by atoms with van der Waals surface area (Å²) in [6.45, 7) is 4.62. The van der Waals surface area contributed by atoms with E-state index in [4.69, 9.17) is 21.3 Å². The number of rotatable bonds is 6. The molecule has 0 radical (unpaired) electrons. The van der Waals surface area contributed by atoms with Gasteiger partial charge in [0.1, 0.15) is 17.4 Å². The fourth-order valence-corrected chi connectivity index (χ4v) is 5.44. The smallest absolute Gasteiger partial charge is 0.253 e. The molecule has 40 heavy (non-hydrogen) atoms. The second-order valence-corrected chi connectivity index (χ2v) is 10.6. The molecular formula is C31H29ClFN5O2. The van der Waals surface area contributed by atoms with E-state index in [0.29, 0.717) is 34.8 Å². The molecule has 2 heterocycles. The van der Waals surface area contributed by atoms with Crippen molar-refractivity contribution in [1.82, 2.24) is 14.5 Å². The number of hydrogen-bond donors (Lipinski definition) is 0. The Labute approximate surface area is 238 Å². The first kappa shape index (κ1) is 27.2. The van der Waals surface area contributed by atoms with Crippen molar-refractivity contribution in [1.29, 1.82) is 5.26 Å². The van der Waals surface area contributed by atoms with Crippen molar-refractivity contribution in [2.75, 3.05) is 26.1 Å². The monoisotopic (exact) mass is 557 g/mol. The van der Waals surface area contributed by atoms with Crippen LogP contribution in [0.2, 0.25) is 5.02 Å². The van der Waals surface area contributed by atoms with Gasteiger partial charge in [0.15, 0.2) is 0 Å². The fraction of sp³-hybridized carbons (Fsp3) is 0.258. The van der Waals surface area contributed by atoms with E-state index in [2.05, 4.69) is 29.4 Å². The van der Waals surface area contributed by atoms with Crippen LogP contribution in [0.3, 0.4) is 0 Å². The molecule has 4 aromatic rings. The van der Waals surface area contributed by atoms with Gasteiger partial charge in [-0.3, -0.25) is 4.79 Å². The number of carbonyl (C=O) groups excluding carboxylic acids is 1. The second-order valence-electron chi connectivity index (χ2n) is 10.2. The minimum Gasteiger partial charge on any atom is -0.496 e. The summed E-state index contributed by atoms with van der Waals surface area (Å²) < 4.78 is 22.0. The molecular weight excluding hydrogens is 529 g/mol. The number of hydrogen-bond acceptors (Lipinski definition) is 5. The maximum absolute atomic E-state index is 14.1. The quantitative estimate of drug-likeness (QED) is 0.266. The van der Waals surface area contributed by atoms with Gasteiger partial charge in [-0.1, -0.05) is 23.7 Å². The predicted octanol–water partition coefficient (Wildman–Crippen LogP) is 6.62. The summed E-state index contributed by atoms with van der Waals surface area (Å²) in [5, 5.41) is 9.41. The molecule has 1 aliphatic rings. The normalized spacial score (nSPS) is 14.3. The molecule has 7 nitrogen and oxygen atoms in total. The zero-order valence-corrected chi connectivity index (χ0v) is 23.7. The van der Waals surface area contributed by atoms with E-state index in [9.17, 15) is 14.4 Å². The van der Waals surface area contributed by atoms with Crippen molar-refractivity contribution in [3.05, 3.63) is 99.6 Å². The van der Waals surface area contributed by atoms with Crippen molar-refractivity contribution < 1.29 is 13.9 Å². The van der Waals surface area contributed by atoms with Gasteiger partial charge in [0, 0.05) is 31.4 Å². The molecule has 1 amide bonds. The number of benzene rings is 3. The van der Waals surface area contributed by atoms with Gasteiger partial charge in [0.05, 0.1) is 53.3 Å². The number of anilines is 1. The van der Waals surface area contributed by atoms with Gasteiger partial charge in [-0.15, -0.1) is 0 Å².